The summed E-state index contributed by atoms with van der Waals surface area (Å²) in [7, 11) is 1.88. The fraction of sp³-hybridized carbons (Fsp3) is 0.625. The monoisotopic (exact) mass is 280 g/mol. The molecule has 0 spiro atoms. The Morgan fingerprint density at radius 1 is 1.40 bits per heavy atom. The Morgan fingerprint density at radius 3 is 2.65 bits per heavy atom. The molecule has 3 atom stereocenters. The second kappa shape index (κ2) is 6.10. The standard InChI is InChI=1S/C16H25FN2O/c1-10-7-16(14(8-15(10)17)11(2)18-4)19-6-5-13(9-19)12(3)20/h7-8,11-13,18,20H,5-6,9H2,1-4H3. The van der Waals surface area contributed by atoms with Crippen LogP contribution in [0.2, 0.25) is 0 Å². The summed E-state index contributed by atoms with van der Waals surface area (Å²) < 4.78 is 13.9. The molecule has 0 amide bonds. The van der Waals surface area contributed by atoms with Gasteiger partial charge >= 0.3 is 0 Å². The highest BCUT2D eigenvalue weighted by molar-refractivity contribution is 5.57. The van der Waals surface area contributed by atoms with Gasteiger partial charge in [0.2, 0.25) is 0 Å². The molecule has 112 valence electrons. The molecule has 0 bridgehead atoms. The number of hydrogen-bond donors (Lipinski definition) is 2. The molecular weight excluding hydrogens is 255 g/mol. The van der Waals surface area contributed by atoms with Gasteiger partial charge in [0.1, 0.15) is 5.82 Å². The first-order chi connectivity index (χ1) is 9.43. The van der Waals surface area contributed by atoms with Crippen LogP contribution in [0.3, 0.4) is 0 Å². The maximum Gasteiger partial charge on any atom is 0.126 e. The van der Waals surface area contributed by atoms with Crippen molar-refractivity contribution >= 4 is 5.69 Å². The molecule has 3 unspecified atom stereocenters. The highest BCUT2D eigenvalue weighted by Gasteiger charge is 2.28. The lowest BCUT2D eigenvalue weighted by atomic mass is 10.0. The molecule has 1 fully saturated rings. The number of hydrogen-bond acceptors (Lipinski definition) is 3. The van der Waals surface area contributed by atoms with Crippen LogP contribution in [0.25, 0.3) is 0 Å². The Balaban J connectivity index is 2.33. The van der Waals surface area contributed by atoms with Crippen LogP contribution in [0.5, 0.6) is 0 Å². The zero-order valence-electron chi connectivity index (χ0n) is 12.8. The van der Waals surface area contributed by atoms with Crippen molar-refractivity contribution in [3.05, 3.63) is 29.1 Å². The summed E-state index contributed by atoms with van der Waals surface area (Å²) >= 11 is 0. The number of aryl methyl sites for hydroxylation is 1. The summed E-state index contributed by atoms with van der Waals surface area (Å²) in [5.74, 6) is 0.148. The lowest BCUT2D eigenvalue weighted by Crippen LogP contribution is -2.26. The number of aliphatic hydroxyl groups is 1. The number of benzene rings is 1. The Bertz CT molecular complexity index is 476. The molecule has 1 heterocycles. The largest absolute Gasteiger partial charge is 0.393 e. The Hall–Kier alpha value is -1.13. The maximum absolute atomic E-state index is 13.9. The van der Waals surface area contributed by atoms with Crippen molar-refractivity contribution in [2.75, 3.05) is 25.0 Å². The molecule has 3 nitrogen and oxygen atoms in total. The number of nitrogens with one attached hydrogen (secondary N) is 1. The van der Waals surface area contributed by atoms with Gasteiger partial charge in [-0.25, -0.2) is 4.39 Å². The Labute approximate surface area is 120 Å². The predicted octanol–water partition coefficient (Wildman–Crippen LogP) is 2.62. The van der Waals surface area contributed by atoms with Crippen LogP contribution >= 0.6 is 0 Å². The smallest absolute Gasteiger partial charge is 0.126 e. The van der Waals surface area contributed by atoms with Crippen LogP contribution in [-0.2, 0) is 0 Å². The summed E-state index contributed by atoms with van der Waals surface area (Å²) in [5, 5.41) is 12.9. The van der Waals surface area contributed by atoms with Crippen LogP contribution in [0.4, 0.5) is 10.1 Å². The molecule has 1 saturated heterocycles. The van der Waals surface area contributed by atoms with Gasteiger partial charge in [0.25, 0.3) is 0 Å². The van der Waals surface area contributed by atoms with Crippen molar-refractivity contribution in [3.63, 3.8) is 0 Å². The van der Waals surface area contributed by atoms with Crippen LogP contribution in [0.1, 0.15) is 37.4 Å². The van der Waals surface area contributed by atoms with Crippen molar-refractivity contribution in [3.8, 4) is 0 Å². The summed E-state index contributed by atoms with van der Waals surface area (Å²) in [5.41, 5.74) is 2.75. The molecule has 2 N–H and O–H groups in total. The van der Waals surface area contributed by atoms with E-state index < -0.39 is 0 Å². The number of aliphatic hydroxyl groups excluding tert-OH is 1. The fourth-order valence-corrected chi connectivity index (χ4v) is 2.86. The quantitative estimate of drug-likeness (QED) is 0.890. The van der Waals surface area contributed by atoms with Crippen molar-refractivity contribution in [1.82, 2.24) is 5.32 Å². The van der Waals surface area contributed by atoms with E-state index in [2.05, 4.69) is 10.2 Å². The van der Waals surface area contributed by atoms with E-state index in [9.17, 15) is 9.50 Å². The van der Waals surface area contributed by atoms with Crippen molar-refractivity contribution < 1.29 is 9.50 Å². The van der Waals surface area contributed by atoms with Gasteiger partial charge in [0.15, 0.2) is 0 Å². The zero-order chi connectivity index (χ0) is 14.9. The Morgan fingerprint density at radius 2 is 2.10 bits per heavy atom. The fourth-order valence-electron chi connectivity index (χ4n) is 2.86. The lowest BCUT2D eigenvalue weighted by Gasteiger charge is -2.26. The van der Waals surface area contributed by atoms with E-state index in [1.54, 1.807) is 13.0 Å². The summed E-state index contributed by atoms with van der Waals surface area (Å²) in [6, 6.07) is 3.68. The third kappa shape index (κ3) is 2.96. The molecular formula is C16H25FN2O. The maximum atomic E-state index is 13.9. The van der Waals surface area contributed by atoms with E-state index in [-0.39, 0.29) is 18.0 Å². The molecule has 0 saturated carbocycles. The van der Waals surface area contributed by atoms with Gasteiger partial charge in [-0.3, -0.25) is 0 Å². The summed E-state index contributed by atoms with van der Waals surface area (Å²) in [4.78, 5) is 2.27. The third-order valence-corrected chi connectivity index (χ3v) is 4.46. The summed E-state index contributed by atoms with van der Waals surface area (Å²) in [6.45, 7) is 7.45. The van der Waals surface area contributed by atoms with Crippen LogP contribution in [-0.4, -0.2) is 31.3 Å². The third-order valence-electron chi connectivity index (χ3n) is 4.46. The van der Waals surface area contributed by atoms with Crippen molar-refractivity contribution in [2.45, 2.75) is 39.3 Å². The Kier molecular flexibility index (Phi) is 4.66. The van der Waals surface area contributed by atoms with Gasteiger partial charge in [0.05, 0.1) is 6.10 Å². The molecule has 0 aromatic heterocycles. The number of anilines is 1. The first-order valence-corrected chi connectivity index (χ1v) is 7.34. The predicted molar refractivity (Wildman–Crippen MR) is 80.6 cm³/mol. The van der Waals surface area contributed by atoms with E-state index in [0.29, 0.717) is 11.5 Å². The first kappa shape index (κ1) is 15.3. The van der Waals surface area contributed by atoms with Gasteiger partial charge in [-0.2, -0.15) is 0 Å². The summed E-state index contributed by atoms with van der Waals surface area (Å²) in [6.07, 6.45) is 0.702. The molecule has 2 rings (SSSR count). The second-order valence-corrected chi connectivity index (χ2v) is 5.91. The number of rotatable bonds is 4. The van der Waals surface area contributed by atoms with Gasteiger partial charge in [-0.05, 0) is 57.5 Å². The van der Waals surface area contributed by atoms with Crippen LogP contribution in [0.15, 0.2) is 12.1 Å². The molecule has 0 aliphatic carbocycles. The highest BCUT2D eigenvalue weighted by atomic mass is 19.1. The lowest BCUT2D eigenvalue weighted by molar-refractivity contribution is 0.136. The average Bonchev–Trinajstić information content (AvgIpc) is 2.90. The SMILES string of the molecule is CNC(C)c1cc(F)c(C)cc1N1CCC(C(C)O)C1. The van der Waals surface area contributed by atoms with Crippen LogP contribution in [0, 0.1) is 18.7 Å². The van der Waals surface area contributed by atoms with Crippen molar-refractivity contribution in [2.24, 2.45) is 5.92 Å². The first-order valence-electron chi connectivity index (χ1n) is 7.34. The highest BCUT2D eigenvalue weighted by Crippen LogP contribution is 2.33. The molecule has 1 aromatic rings. The van der Waals surface area contributed by atoms with Gasteiger partial charge in [0, 0.05) is 30.7 Å². The van der Waals surface area contributed by atoms with Gasteiger partial charge < -0.3 is 15.3 Å². The molecule has 0 radical (unpaired) electrons. The second-order valence-electron chi connectivity index (χ2n) is 5.91. The van der Waals surface area contributed by atoms with E-state index in [4.69, 9.17) is 0 Å². The van der Waals surface area contributed by atoms with E-state index in [1.807, 2.05) is 27.0 Å². The van der Waals surface area contributed by atoms with E-state index >= 15 is 0 Å². The number of nitrogens with zero attached hydrogens (tertiary/aromatic N) is 1. The molecule has 20 heavy (non-hydrogen) atoms. The minimum Gasteiger partial charge on any atom is -0.393 e. The zero-order valence-corrected chi connectivity index (χ0v) is 12.8. The minimum absolute atomic E-state index is 0.102. The van der Waals surface area contributed by atoms with E-state index in [1.165, 1.54) is 0 Å². The normalized spacial score (nSPS) is 22.1. The molecule has 1 aromatic carbocycles. The van der Waals surface area contributed by atoms with Gasteiger partial charge in [-0.15, -0.1) is 0 Å². The average molecular weight is 280 g/mol. The van der Waals surface area contributed by atoms with Crippen LogP contribution < -0.4 is 10.2 Å². The number of halogens is 1. The van der Waals surface area contributed by atoms with E-state index in [0.717, 1.165) is 30.8 Å². The van der Waals surface area contributed by atoms with Crippen molar-refractivity contribution in [1.29, 1.82) is 0 Å². The molecule has 1 aliphatic rings. The topological polar surface area (TPSA) is 35.5 Å². The molecule has 1 aliphatic heterocycles. The van der Waals surface area contributed by atoms with Gasteiger partial charge in [-0.1, -0.05) is 0 Å². The molecule has 4 heteroatoms. The minimum atomic E-state index is -0.285.